The average Bonchev–Trinajstić information content (AvgIpc) is 3.43. The van der Waals surface area contributed by atoms with E-state index in [2.05, 4.69) is 0 Å². The van der Waals surface area contributed by atoms with Crippen LogP contribution in [0.3, 0.4) is 0 Å². The van der Waals surface area contributed by atoms with Crippen LogP contribution >= 0.6 is 0 Å². The highest BCUT2D eigenvalue weighted by Gasteiger charge is 2.36. The summed E-state index contributed by atoms with van der Waals surface area (Å²) in [4.78, 5) is 40.5. The number of hydrogen-bond acceptors (Lipinski definition) is 4. The normalized spacial score (nSPS) is 20.1. The highest BCUT2D eigenvalue weighted by Crippen LogP contribution is 2.43. The second-order valence-electron chi connectivity index (χ2n) is 8.62. The zero-order valence-electron chi connectivity index (χ0n) is 16.9. The standard InChI is InChI=1S/C21H28N2O5/c1-13-12-22(20(27)28-21(2,3)4)10-11-23(13)18(24)15-6-5-7-16(19(25)26)17(15)14-8-9-14/h5-7,13-14H,8-12H2,1-4H3,(H,25,26). The lowest BCUT2D eigenvalue weighted by molar-refractivity contribution is 0.00613. The Kier molecular flexibility index (Phi) is 5.37. The van der Waals surface area contributed by atoms with Crippen molar-refractivity contribution in [3.05, 3.63) is 34.9 Å². The van der Waals surface area contributed by atoms with Gasteiger partial charge in [-0.2, -0.15) is 0 Å². The Labute approximate surface area is 165 Å². The third kappa shape index (κ3) is 4.29. The summed E-state index contributed by atoms with van der Waals surface area (Å²) in [5.74, 6) is -1.02. The molecule has 1 heterocycles. The van der Waals surface area contributed by atoms with Gasteiger partial charge in [0.1, 0.15) is 5.60 Å². The van der Waals surface area contributed by atoms with E-state index in [0.29, 0.717) is 30.8 Å². The minimum absolute atomic E-state index is 0.143. The molecular formula is C21H28N2O5. The van der Waals surface area contributed by atoms with Crippen molar-refractivity contribution in [2.45, 2.75) is 58.1 Å². The molecule has 3 rings (SSSR count). The predicted molar refractivity (Wildman–Crippen MR) is 104 cm³/mol. The molecule has 152 valence electrons. The van der Waals surface area contributed by atoms with Gasteiger partial charge in [0.15, 0.2) is 0 Å². The van der Waals surface area contributed by atoms with Gasteiger partial charge in [0, 0.05) is 31.2 Å². The van der Waals surface area contributed by atoms with Crippen molar-refractivity contribution in [1.29, 1.82) is 0 Å². The van der Waals surface area contributed by atoms with Gasteiger partial charge in [-0.05, 0) is 64.2 Å². The number of aromatic carboxylic acids is 1. The van der Waals surface area contributed by atoms with Gasteiger partial charge in [0.2, 0.25) is 0 Å². The van der Waals surface area contributed by atoms with Crippen LogP contribution in [0.15, 0.2) is 18.2 Å². The van der Waals surface area contributed by atoms with Gasteiger partial charge in [-0.1, -0.05) is 6.07 Å². The monoisotopic (exact) mass is 388 g/mol. The van der Waals surface area contributed by atoms with E-state index in [1.807, 2.05) is 27.7 Å². The van der Waals surface area contributed by atoms with Crippen molar-refractivity contribution < 1.29 is 24.2 Å². The van der Waals surface area contributed by atoms with Crippen LogP contribution in [0.4, 0.5) is 4.79 Å². The van der Waals surface area contributed by atoms with E-state index in [4.69, 9.17) is 4.74 Å². The molecule has 0 bridgehead atoms. The van der Waals surface area contributed by atoms with E-state index in [9.17, 15) is 19.5 Å². The third-order valence-corrected chi connectivity index (χ3v) is 5.09. The fraction of sp³-hybridized carbons (Fsp3) is 0.571. The fourth-order valence-electron chi connectivity index (χ4n) is 3.66. The average molecular weight is 388 g/mol. The predicted octanol–water partition coefficient (Wildman–Crippen LogP) is 3.34. The summed E-state index contributed by atoms with van der Waals surface area (Å²) in [5, 5.41) is 9.52. The summed E-state index contributed by atoms with van der Waals surface area (Å²) in [5.41, 5.74) is 0.777. The van der Waals surface area contributed by atoms with Gasteiger partial charge in [0.05, 0.1) is 5.56 Å². The molecule has 7 nitrogen and oxygen atoms in total. The topological polar surface area (TPSA) is 87.2 Å². The second kappa shape index (κ2) is 7.45. The molecule has 1 saturated heterocycles. The number of carboxylic acid groups (broad SMARTS) is 1. The van der Waals surface area contributed by atoms with Crippen molar-refractivity contribution in [1.82, 2.24) is 9.80 Å². The van der Waals surface area contributed by atoms with Crippen molar-refractivity contribution in [2.75, 3.05) is 19.6 Å². The zero-order chi connectivity index (χ0) is 20.6. The van der Waals surface area contributed by atoms with Crippen LogP contribution in [0.1, 0.15) is 72.7 Å². The molecule has 7 heteroatoms. The molecule has 0 spiro atoms. The number of hydrogen-bond donors (Lipinski definition) is 1. The lowest BCUT2D eigenvalue weighted by Crippen LogP contribution is -2.56. The highest BCUT2D eigenvalue weighted by atomic mass is 16.6. The number of carboxylic acids is 1. The number of nitrogens with zero attached hydrogens (tertiary/aromatic N) is 2. The Balaban J connectivity index is 1.77. The Morgan fingerprint density at radius 3 is 2.29 bits per heavy atom. The molecule has 1 saturated carbocycles. The summed E-state index contributed by atoms with van der Waals surface area (Å²) < 4.78 is 5.43. The largest absolute Gasteiger partial charge is 0.478 e. The van der Waals surface area contributed by atoms with Gasteiger partial charge in [0.25, 0.3) is 5.91 Å². The molecule has 1 atom stereocenters. The number of rotatable bonds is 3. The van der Waals surface area contributed by atoms with Crippen LogP contribution < -0.4 is 0 Å². The molecule has 28 heavy (non-hydrogen) atoms. The van der Waals surface area contributed by atoms with E-state index in [-0.39, 0.29) is 29.5 Å². The fourth-order valence-corrected chi connectivity index (χ4v) is 3.66. The first-order valence-corrected chi connectivity index (χ1v) is 9.73. The van der Waals surface area contributed by atoms with Crippen LogP contribution in [0.25, 0.3) is 0 Å². The SMILES string of the molecule is CC1CN(C(=O)OC(C)(C)C)CCN1C(=O)c1cccc(C(=O)O)c1C1CC1. The molecule has 1 aromatic rings. The van der Waals surface area contributed by atoms with Gasteiger partial charge < -0.3 is 19.6 Å². The van der Waals surface area contributed by atoms with Crippen molar-refractivity contribution in [3.8, 4) is 0 Å². The molecule has 0 aromatic heterocycles. The second-order valence-corrected chi connectivity index (χ2v) is 8.62. The number of benzene rings is 1. The molecule has 2 aliphatic rings. The quantitative estimate of drug-likeness (QED) is 0.858. The maximum Gasteiger partial charge on any atom is 0.410 e. The van der Waals surface area contributed by atoms with Crippen LogP contribution in [0, 0.1) is 0 Å². The minimum atomic E-state index is -1.00. The number of ether oxygens (including phenoxy) is 1. The first-order valence-electron chi connectivity index (χ1n) is 9.73. The Morgan fingerprint density at radius 2 is 1.75 bits per heavy atom. The molecule has 2 amide bonds. The third-order valence-electron chi connectivity index (χ3n) is 5.09. The smallest absolute Gasteiger partial charge is 0.410 e. The molecule has 2 fully saturated rings. The molecule has 1 aliphatic heterocycles. The molecule has 1 aromatic carbocycles. The van der Waals surface area contributed by atoms with Gasteiger partial charge >= 0.3 is 12.1 Å². The summed E-state index contributed by atoms with van der Waals surface area (Å²) in [6.07, 6.45) is 1.44. The first-order chi connectivity index (χ1) is 13.1. The molecular weight excluding hydrogens is 360 g/mol. The highest BCUT2D eigenvalue weighted by molar-refractivity contribution is 6.00. The maximum absolute atomic E-state index is 13.2. The van der Waals surface area contributed by atoms with Crippen LogP contribution in [-0.4, -0.2) is 64.2 Å². The molecule has 0 radical (unpaired) electrons. The number of carbonyl (C=O) groups excluding carboxylic acids is 2. The lowest BCUT2D eigenvalue weighted by atomic mass is 9.95. The van der Waals surface area contributed by atoms with E-state index in [0.717, 1.165) is 12.8 Å². The molecule has 1 N–H and O–H groups in total. The van der Waals surface area contributed by atoms with Gasteiger partial charge in [-0.3, -0.25) is 4.79 Å². The van der Waals surface area contributed by atoms with Gasteiger partial charge in [-0.15, -0.1) is 0 Å². The maximum atomic E-state index is 13.2. The number of amides is 2. The zero-order valence-corrected chi connectivity index (χ0v) is 16.9. The number of carbonyl (C=O) groups is 3. The number of piperazine rings is 1. The minimum Gasteiger partial charge on any atom is -0.478 e. The summed E-state index contributed by atoms with van der Waals surface area (Å²) in [6.45, 7) is 8.53. The van der Waals surface area contributed by atoms with Crippen molar-refractivity contribution in [2.24, 2.45) is 0 Å². The van der Waals surface area contributed by atoms with E-state index >= 15 is 0 Å². The van der Waals surface area contributed by atoms with E-state index < -0.39 is 11.6 Å². The van der Waals surface area contributed by atoms with Crippen LogP contribution in [0.2, 0.25) is 0 Å². The molecule has 1 unspecified atom stereocenters. The Hall–Kier alpha value is -2.57. The summed E-state index contributed by atoms with van der Waals surface area (Å²) in [6, 6.07) is 4.73. The summed E-state index contributed by atoms with van der Waals surface area (Å²) in [7, 11) is 0. The Bertz CT molecular complexity index is 794. The van der Waals surface area contributed by atoms with Crippen LogP contribution in [-0.2, 0) is 4.74 Å². The van der Waals surface area contributed by atoms with E-state index in [1.54, 1.807) is 28.0 Å². The first kappa shape index (κ1) is 20.2. The van der Waals surface area contributed by atoms with Gasteiger partial charge in [-0.25, -0.2) is 9.59 Å². The van der Waals surface area contributed by atoms with Crippen molar-refractivity contribution >= 4 is 18.0 Å². The molecule has 1 aliphatic carbocycles. The van der Waals surface area contributed by atoms with Crippen LogP contribution in [0.5, 0.6) is 0 Å². The Morgan fingerprint density at radius 1 is 1.11 bits per heavy atom. The summed E-state index contributed by atoms with van der Waals surface area (Å²) >= 11 is 0. The van der Waals surface area contributed by atoms with Crippen molar-refractivity contribution in [3.63, 3.8) is 0 Å². The van der Waals surface area contributed by atoms with E-state index in [1.165, 1.54) is 0 Å². The lowest BCUT2D eigenvalue weighted by Gasteiger charge is -2.40.